The summed E-state index contributed by atoms with van der Waals surface area (Å²) in [6, 6.07) is 4.78. The highest BCUT2D eigenvalue weighted by atomic mass is 32.2. The van der Waals surface area contributed by atoms with Crippen LogP contribution in [-0.2, 0) is 25.0 Å². The third-order valence-corrected chi connectivity index (χ3v) is 4.75. The van der Waals surface area contributed by atoms with Gasteiger partial charge in [0, 0.05) is 12.0 Å². The van der Waals surface area contributed by atoms with Crippen LogP contribution in [0, 0.1) is 0 Å². The zero-order valence-corrected chi connectivity index (χ0v) is 17.8. The maximum Gasteiger partial charge on any atom is 0.413 e. The first-order chi connectivity index (χ1) is 13.3. The molecule has 4 N–H and O–H groups in total. The van der Waals surface area contributed by atoms with E-state index in [1.807, 2.05) is 0 Å². The molecule has 1 rings (SSSR count). The topological polar surface area (TPSA) is 127 Å². The molecular formula is C15H20N4O6S3. The lowest BCUT2D eigenvalue weighted by molar-refractivity contribution is 0.176. The number of benzene rings is 1. The van der Waals surface area contributed by atoms with E-state index >= 15 is 0 Å². The summed E-state index contributed by atoms with van der Waals surface area (Å²) in [4.78, 5) is 23.1. The number of carbonyl (C=O) groups excluding carboxylic acids is 2. The molecule has 0 aliphatic carbocycles. The highest BCUT2D eigenvalue weighted by Gasteiger charge is 2.13. The van der Waals surface area contributed by atoms with E-state index in [9.17, 15) is 13.8 Å². The molecule has 154 valence electrons. The van der Waals surface area contributed by atoms with E-state index in [4.69, 9.17) is 29.2 Å². The third kappa shape index (κ3) is 8.12. The van der Waals surface area contributed by atoms with Crippen LogP contribution in [0.25, 0.3) is 0 Å². The molecule has 1 aromatic rings. The summed E-state index contributed by atoms with van der Waals surface area (Å²) in [5.74, 6) is 0.301. The lowest BCUT2D eigenvalue weighted by atomic mass is 10.2. The van der Waals surface area contributed by atoms with Crippen molar-refractivity contribution in [3.05, 3.63) is 18.2 Å². The average Bonchev–Trinajstić information content (AvgIpc) is 2.66. The molecule has 1 unspecified atom stereocenters. The first-order valence-corrected chi connectivity index (χ1v) is 9.77. The Kier molecular flexibility index (Phi) is 10.3. The molecule has 0 bridgehead atoms. The smallest absolute Gasteiger partial charge is 0.413 e. The number of thiocarbonyl (C=S) groups is 2. The molecule has 0 heterocycles. The summed E-state index contributed by atoms with van der Waals surface area (Å²) in [6.45, 7) is 0.324. The number of amides is 2. The second-order valence-electron chi connectivity index (χ2n) is 4.89. The molecule has 1 aromatic carbocycles. The Hall–Kier alpha value is -2.35. The van der Waals surface area contributed by atoms with E-state index in [1.54, 1.807) is 18.2 Å². The van der Waals surface area contributed by atoms with Gasteiger partial charge in [0.15, 0.2) is 10.2 Å². The highest BCUT2D eigenvalue weighted by Crippen LogP contribution is 2.25. The number of alkyl carbamates (subject to hydrolysis) is 2. The molecule has 0 saturated heterocycles. The minimum atomic E-state index is -1.32. The van der Waals surface area contributed by atoms with Crippen molar-refractivity contribution >= 4 is 69.0 Å². The van der Waals surface area contributed by atoms with Gasteiger partial charge >= 0.3 is 12.2 Å². The Labute approximate surface area is 175 Å². The van der Waals surface area contributed by atoms with Crippen molar-refractivity contribution in [2.75, 3.05) is 44.3 Å². The molecule has 13 heteroatoms. The first kappa shape index (κ1) is 23.7. The summed E-state index contributed by atoms with van der Waals surface area (Å²) in [5, 5.41) is 10.1. The fraction of sp³-hybridized carbons (Fsp3) is 0.333. The Balaban J connectivity index is 3.06. The maximum atomic E-state index is 12.3. The summed E-state index contributed by atoms with van der Waals surface area (Å²) in [7, 11) is 2.59. The number of carbonyl (C=O) groups is 2. The van der Waals surface area contributed by atoms with Crippen molar-refractivity contribution in [1.29, 1.82) is 0 Å². The van der Waals surface area contributed by atoms with Gasteiger partial charge in [0.05, 0.1) is 48.8 Å². The summed E-state index contributed by atoms with van der Waals surface area (Å²) < 4.78 is 26.2. The molecule has 28 heavy (non-hydrogen) atoms. The molecule has 10 nitrogen and oxygen atoms in total. The van der Waals surface area contributed by atoms with Crippen molar-refractivity contribution < 1.29 is 28.0 Å². The lowest BCUT2D eigenvalue weighted by Gasteiger charge is -2.16. The monoisotopic (exact) mass is 448 g/mol. The predicted molar refractivity (Wildman–Crippen MR) is 113 cm³/mol. The van der Waals surface area contributed by atoms with Crippen molar-refractivity contribution in [2.45, 2.75) is 4.90 Å². The van der Waals surface area contributed by atoms with Gasteiger partial charge in [0.2, 0.25) is 0 Å². The van der Waals surface area contributed by atoms with Crippen LogP contribution < -0.4 is 21.3 Å². The summed E-state index contributed by atoms with van der Waals surface area (Å²) in [6.07, 6.45) is -1.50. The normalized spacial score (nSPS) is 11.0. The van der Waals surface area contributed by atoms with Crippen molar-refractivity contribution in [3.8, 4) is 0 Å². The molecule has 0 spiro atoms. The largest absolute Gasteiger partial charge is 0.453 e. The van der Waals surface area contributed by atoms with E-state index < -0.39 is 23.0 Å². The van der Waals surface area contributed by atoms with E-state index in [0.29, 0.717) is 28.6 Å². The zero-order valence-electron chi connectivity index (χ0n) is 15.3. The Morgan fingerprint density at radius 1 is 0.964 bits per heavy atom. The van der Waals surface area contributed by atoms with Crippen molar-refractivity contribution in [1.82, 2.24) is 10.6 Å². The molecule has 0 aliphatic rings. The van der Waals surface area contributed by atoms with Gasteiger partial charge in [0.1, 0.15) is 0 Å². The molecule has 0 aliphatic heterocycles. The van der Waals surface area contributed by atoms with Gasteiger partial charge in [0.25, 0.3) is 0 Å². The number of ether oxygens (including phenoxy) is 3. The molecule has 0 saturated carbocycles. The summed E-state index contributed by atoms with van der Waals surface area (Å²) >= 11 is 10.1. The molecular weight excluding hydrogens is 428 g/mol. The van der Waals surface area contributed by atoms with Crippen molar-refractivity contribution in [3.63, 3.8) is 0 Å². The van der Waals surface area contributed by atoms with Crippen LogP contribution in [-0.4, -0.2) is 60.3 Å². The van der Waals surface area contributed by atoms with Crippen LogP contribution in [0.1, 0.15) is 0 Å². The fourth-order valence-electron chi connectivity index (χ4n) is 1.75. The molecule has 2 amide bonds. The lowest BCUT2D eigenvalue weighted by Crippen LogP contribution is -2.35. The van der Waals surface area contributed by atoms with Gasteiger partial charge in [-0.2, -0.15) is 0 Å². The third-order valence-electron chi connectivity index (χ3n) is 3.03. The second kappa shape index (κ2) is 12.2. The average molecular weight is 449 g/mol. The summed E-state index contributed by atoms with van der Waals surface area (Å²) in [5.41, 5.74) is 0.765. The number of nitrogens with one attached hydrogen (secondary N) is 4. The highest BCUT2D eigenvalue weighted by molar-refractivity contribution is 7.85. The maximum absolute atomic E-state index is 12.3. The van der Waals surface area contributed by atoms with E-state index in [2.05, 4.69) is 30.7 Å². The van der Waals surface area contributed by atoms with Gasteiger partial charge in [-0.05, 0) is 42.6 Å². The fourth-order valence-corrected chi connectivity index (χ4v) is 3.16. The SMILES string of the molecule is COCCS(=O)c1ccc(NC(=S)NC(=O)OC)c(NC(=S)NC(=O)OC)c1. The van der Waals surface area contributed by atoms with E-state index in [1.165, 1.54) is 21.3 Å². The van der Waals surface area contributed by atoms with Crippen LogP contribution in [0.4, 0.5) is 21.0 Å². The standard InChI is InChI=1S/C15H20N4O6S3/c1-23-6-7-28(22)9-4-5-10(16-12(26)18-14(20)24-2)11(8-9)17-13(27)19-15(21)25-3/h4-5,8H,6-7H2,1-3H3,(H2,16,18,20,26)(H2,17,19,21,27). The van der Waals surface area contributed by atoms with Gasteiger partial charge in [-0.25, -0.2) is 9.59 Å². The quantitative estimate of drug-likeness (QED) is 0.476. The van der Waals surface area contributed by atoms with Gasteiger partial charge in [-0.15, -0.1) is 0 Å². The number of anilines is 2. The number of methoxy groups -OCH3 is 3. The van der Waals surface area contributed by atoms with E-state index in [-0.39, 0.29) is 10.2 Å². The number of rotatable bonds is 6. The predicted octanol–water partition coefficient (Wildman–Crippen LogP) is 1.55. The minimum absolute atomic E-state index is 0.0324. The van der Waals surface area contributed by atoms with Crippen LogP contribution in [0.15, 0.2) is 23.1 Å². The number of hydrogen-bond donors (Lipinski definition) is 4. The minimum Gasteiger partial charge on any atom is -0.453 e. The first-order valence-electron chi connectivity index (χ1n) is 7.64. The molecule has 0 fully saturated rings. The van der Waals surface area contributed by atoms with Crippen LogP contribution in [0.3, 0.4) is 0 Å². The Morgan fingerprint density at radius 2 is 1.50 bits per heavy atom. The second-order valence-corrected chi connectivity index (χ2v) is 7.28. The molecule has 1 atom stereocenters. The molecule has 0 aromatic heterocycles. The van der Waals surface area contributed by atoms with E-state index in [0.717, 1.165) is 0 Å². The van der Waals surface area contributed by atoms with Gasteiger partial charge < -0.3 is 24.8 Å². The molecule has 0 radical (unpaired) electrons. The van der Waals surface area contributed by atoms with Crippen LogP contribution in [0.5, 0.6) is 0 Å². The van der Waals surface area contributed by atoms with Gasteiger partial charge in [-0.1, -0.05) is 0 Å². The van der Waals surface area contributed by atoms with Crippen LogP contribution in [0.2, 0.25) is 0 Å². The Morgan fingerprint density at radius 3 is 2.00 bits per heavy atom. The van der Waals surface area contributed by atoms with Gasteiger partial charge in [-0.3, -0.25) is 14.8 Å². The van der Waals surface area contributed by atoms with Crippen LogP contribution >= 0.6 is 24.4 Å². The number of hydrogen-bond acceptors (Lipinski definition) is 8. The zero-order chi connectivity index (χ0) is 21.1. The van der Waals surface area contributed by atoms with Crippen molar-refractivity contribution in [2.24, 2.45) is 0 Å². The Bertz CT molecular complexity index is 774.